The lowest BCUT2D eigenvalue weighted by atomic mass is 10.2. The second kappa shape index (κ2) is 12.0. The molecular formula is C26H29NO8S2. The highest BCUT2D eigenvalue weighted by Crippen LogP contribution is 2.39. The van der Waals surface area contributed by atoms with E-state index in [1.54, 1.807) is 54.6 Å². The summed E-state index contributed by atoms with van der Waals surface area (Å²) >= 11 is 0. The van der Waals surface area contributed by atoms with Crippen molar-refractivity contribution in [3.05, 3.63) is 78.9 Å². The molecule has 1 atom stereocenters. The van der Waals surface area contributed by atoms with Gasteiger partial charge in [0, 0.05) is 12.7 Å². The molecule has 1 aliphatic rings. The van der Waals surface area contributed by atoms with Crippen molar-refractivity contribution in [3.63, 3.8) is 0 Å². The van der Waals surface area contributed by atoms with E-state index < -0.39 is 20.1 Å². The molecule has 1 saturated heterocycles. The third-order valence-electron chi connectivity index (χ3n) is 5.45. The highest BCUT2D eigenvalue weighted by atomic mass is 32.2. The van der Waals surface area contributed by atoms with Gasteiger partial charge in [0.25, 0.3) is 10.0 Å². The van der Waals surface area contributed by atoms with Crippen LogP contribution in [0.15, 0.2) is 83.8 Å². The van der Waals surface area contributed by atoms with Crippen molar-refractivity contribution < 1.29 is 35.2 Å². The summed E-state index contributed by atoms with van der Waals surface area (Å²) in [5.41, 5.74) is 0.352. The highest BCUT2D eigenvalue weighted by Gasteiger charge is 2.30. The minimum atomic E-state index is -4.23. The van der Waals surface area contributed by atoms with E-state index in [0.29, 0.717) is 24.7 Å². The largest absolute Gasteiger partial charge is 0.491 e. The minimum Gasteiger partial charge on any atom is -0.491 e. The van der Waals surface area contributed by atoms with Gasteiger partial charge in [-0.3, -0.25) is 0 Å². The van der Waals surface area contributed by atoms with Gasteiger partial charge in [-0.25, -0.2) is 12.7 Å². The van der Waals surface area contributed by atoms with E-state index in [4.69, 9.17) is 18.4 Å². The molecule has 11 heteroatoms. The number of sulfonamides is 1. The summed E-state index contributed by atoms with van der Waals surface area (Å²) in [7, 11) is -8.14. The molecule has 3 aromatic carbocycles. The summed E-state index contributed by atoms with van der Waals surface area (Å²) in [4.78, 5) is -0.0421. The molecule has 0 N–H and O–H groups in total. The number of ether oxygens (including phenoxy) is 3. The smallest absolute Gasteiger partial charge is 0.306 e. The van der Waals surface area contributed by atoms with Gasteiger partial charge in [-0.15, -0.1) is 0 Å². The van der Waals surface area contributed by atoms with Crippen molar-refractivity contribution in [3.8, 4) is 11.5 Å². The maximum Gasteiger partial charge on any atom is 0.306 e. The summed E-state index contributed by atoms with van der Waals surface area (Å²) in [6.45, 7) is 1.20. The van der Waals surface area contributed by atoms with Crippen LogP contribution in [0.3, 0.4) is 0 Å². The van der Waals surface area contributed by atoms with Crippen LogP contribution in [0, 0.1) is 0 Å². The predicted molar refractivity (Wildman–Crippen MR) is 139 cm³/mol. The molecule has 0 spiro atoms. The Morgan fingerprint density at radius 1 is 0.892 bits per heavy atom. The number of para-hydroxylation sites is 3. The van der Waals surface area contributed by atoms with Crippen molar-refractivity contribution in [2.24, 2.45) is 0 Å². The first-order chi connectivity index (χ1) is 17.7. The van der Waals surface area contributed by atoms with Crippen LogP contribution in [0.1, 0.15) is 19.3 Å². The molecule has 0 aliphatic carbocycles. The Morgan fingerprint density at radius 3 is 2.38 bits per heavy atom. The Bertz CT molecular complexity index is 1390. The lowest BCUT2D eigenvalue weighted by Gasteiger charge is -2.26. The fourth-order valence-electron chi connectivity index (χ4n) is 3.84. The summed E-state index contributed by atoms with van der Waals surface area (Å²) in [5.74, 6) is 0.231. The summed E-state index contributed by atoms with van der Waals surface area (Å²) < 4.78 is 74.8. The minimum absolute atomic E-state index is 0.0421. The van der Waals surface area contributed by atoms with Crippen LogP contribution in [-0.4, -0.2) is 49.2 Å². The Kier molecular flexibility index (Phi) is 8.70. The lowest BCUT2D eigenvalue weighted by Crippen LogP contribution is -2.27. The molecule has 9 nitrogen and oxygen atoms in total. The van der Waals surface area contributed by atoms with Crippen LogP contribution in [-0.2, 0) is 29.6 Å². The van der Waals surface area contributed by atoms with Gasteiger partial charge in [0.15, 0.2) is 12.0 Å². The average molecular weight is 548 g/mol. The van der Waals surface area contributed by atoms with E-state index in [2.05, 4.69) is 0 Å². The molecule has 0 saturated carbocycles. The standard InChI is InChI=1S/C26H29NO8S2/c1-36(28,29)35-25-15-6-5-14-24(25)27(21-10-3-2-4-11-21)37(30,31)23-13-9-12-22(20-23)32-18-19-34-26-16-7-8-17-33-26/h2-6,9-15,20,26H,7-8,16-19H2,1H3. The second-order valence-corrected chi connectivity index (χ2v) is 11.7. The van der Waals surface area contributed by atoms with E-state index >= 15 is 0 Å². The van der Waals surface area contributed by atoms with Gasteiger partial charge < -0.3 is 18.4 Å². The van der Waals surface area contributed by atoms with Crippen LogP contribution >= 0.6 is 0 Å². The van der Waals surface area contributed by atoms with Gasteiger partial charge in [0.2, 0.25) is 0 Å². The number of nitrogens with zero attached hydrogens (tertiary/aromatic N) is 1. The van der Waals surface area contributed by atoms with Gasteiger partial charge in [-0.05, 0) is 55.7 Å². The summed E-state index contributed by atoms with van der Waals surface area (Å²) in [6.07, 6.45) is 3.59. The molecule has 3 aromatic rings. The van der Waals surface area contributed by atoms with Crippen LogP contribution in [0.2, 0.25) is 0 Å². The Labute approximate surface area is 217 Å². The highest BCUT2D eigenvalue weighted by molar-refractivity contribution is 7.93. The van der Waals surface area contributed by atoms with Crippen molar-refractivity contribution in [1.29, 1.82) is 0 Å². The van der Waals surface area contributed by atoms with E-state index in [9.17, 15) is 16.8 Å². The van der Waals surface area contributed by atoms with E-state index in [-0.39, 0.29) is 29.2 Å². The maximum absolute atomic E-state index is 14.0. The van der Waals surface area contributed by atoms with Gasteiger partial charge in [0.05, 0.1) is 23.4 Å². The quantitative estimate of drug-likeness (QED) is 0.256. The SMILES string of the molecule is CS(=O)(=O)Oc1ccccc1N(c1ccccc1)S(=O)(=O)c1cccc(OCCOC2CCCCO2)c1. The molecule has 1 fully saturated rings. The van der Waals surface area contributed by atoms with Crippen LogP contribution in [0.25, 0.3) is 0 Å². The molecule has 0 radical (unpaired) electrons. The molecule has 4 rings (SSSR count). The van der Waals surface area contributed by atoms with Crippen molar-refractivity contribution in [2.75, 3.05) is 30.4 Å². The Balaban J connectivity index is 1.61. The second-order valence-electron chi connectivity index (χ2n) is 8.35. The van der Waals surface area contributed by atoms with E-state index in [1.165, 1.54) is 24.3 Å². The van der Waals surface area contributed by atoms with Crippen molar-refractivity contribution in [2.45, 2.75) is 30.4 Å². The first-order valence-corrected chi connectivity index (χ1v) is 15.0. The molecule has 1 unspecified atom stereocenters. The topological polar surface area (TPSA) is 108 Å². The first kappa shape index (κ1) is 26.9. The fraction of sp³-hybridized carbons (Fsp3) is 0.308. The summed E-state index contributed by atoms with van der Waals surface area (Å²) in [6, 6.07) is 20.5. The van der Waals surface area contributed by atoms with Crippen molar-refractivity contribution >= 4 is 31.5 Å². The molecule has 1 heterocycles. The third kappa shape index (κ3) is 7.22. The third-order valence-corrected chi connectivity index (χ3v) is 7.67. The van der Waals surface area contributed by atoms with E-state index in [1.807, 2.05) is 0 Å². The summed E-state index contributed by atoms with van der Waals surface area (Å²) in [5, 5.41) is 0. The normalized spacial score (nSPS) is 16.2. The number of rotatable bonds is 11. The molecule has 0 amide bonds. The van der Waals surface area contributed by atoms with Crippen LogP contribution < -0.4 is 13.2 Å². The zero-order valence-corrected chi connectivity index (χ0v) is 22.0. The van der Waals surface area contributed by atoms with Gasteiger partial charge in [0.1, 0.15) is 18.0 Å². The molecule has 0 bridgehead atoms. The lowest BCUT2D eigenvalue weighted by molar-refractivity contribution is -0.165. The average Bonchev–Trinajstić information content (AvgIpc) is 2.88. The number of benzene rings is 3. The monoisotopic (exact) mass is 547 g/mol. The number of hydrogen-bond donors (Lipinski definition) is 0. The maximum atomic E-state index is 14.0. The van der Waals surface area contributed by atoms with Crippen LogP contribution in [0.5, 0.6) is 11.5 Å². The molecular weight excluding hydrogens is 518 g/mol. The Morgan fingerprint density at radius 2 is 1.65 bits per heavy atom. The number of anilines is 2. The zero-order valence-electron chi connectivity index (χ0n) is 20.4. The Hall–Kier alpha value is -3.12. The predicted octanol–water partition coefficient (Wildman–Crippen LogP) is 4.47. The molecule has 37 heavy (non-hydrogen) atoms. The van der Waals surface area contributed by atoms with Gasteiger partial charge in [-0.1, -0.05) is 36.4 Å². The first-order valence-electron chi connectivity index (χ1n) is 11.8. The van der Waals surface area contributed by atoms with Crippen LogP contribution in [0.4, 0.5) is 11.4 Å². The van der Waals surface area contributed by atoms with Gasteiger partial charge in [-0.2, -0.15) is 8.42 Å². The van der Waals surface area contributed by atoms with E-state index in [0.717, 1.165) is 29.8 Å². The zero-order chi connectivity index (χ0) is 26.3. The van der Waals surface area contributed by atoms with Gasteiger partial charge >= 0.3 is 10.1 Å². The fourth-order valence-corrected chi connectivity index (χ4v) is 5.84. The molecule has 1 aliphatic heterocycles. The number of hydrogen-bond acceptors (Lipinski definition) is 8. The molecule has 198 valence electrons. The van der Waals surface area contributed by atoms with Crippen molar-refractivity contribution in [1.82, 2.24) is 0 Å². The molecule has 0 aromatic heterocycles.